The highest BCUT2D eigenvalue weighted by Gasteiger charge is 2.34. The van der Waals surface area contributed by atoms with Gasteiger partial charge >= 0.3 is 0 Å². The monoisotopic (exact) mass is 502 g/mol. The summed E-state index contributed by atoms with van der Waals surface area (Å²) in [6, 6.07) is 22.1. The maximum atomic E-state index is 12.8. The average molecular weight is 503 g/mol. The summed E-state index contributed by atoms with van der Waals surface area (Å²) in [5, 5.41) is 2.45. The molecule has 184 valence electrons. The van der Waals surface area contributed by atoms with Crippen LogP contribution < -0.4 is 14.8 Å². The molecule has 3 aromatic carbocycles. The molecule has 0 spiro atoms. The van der Waals surface area contributed by atoms with Crippen LogP contribution in [-0.2, 0) is 9.59 Å². The van der Waals surface area contributed by atoms with E-state index in [0.29, 0.717) is 27.7 Å². The summed E-state index contributed by atoms with van der Waals surface area (Å²) in [6.07, 6.45) is 1.64. The lowest BCUT2D eigenvalue weighted by atomic mass is 10.2. The van der Waals surface area contributed by atoms with Crippen molar-refractivity contribution in [3.8, 4) is 11.5 Å². The van der Waals surface area contributed by atoms with Crippen molar-refractivity contribution in [2.45, 2.75) is 13.8 Å². The molecule has 36 heavy (non-hydrogen) atoms. The number of aryl methyl sites for hydroxylation is 2. The van der Waals surface area contributed by atoms with Crippen molar-refractivity contribution in [1.82, 2.24) is 4.90 Å². The molecule has 3 aromatic rings. The fraction of sp³-hybridized carbons (Fsp3) is 0.179. The zero-order chi connectivity index (χ0) is 25.5. The van der Waals surface area contributed by atoms with Crippen LogP contribution in [0.25, 0.3) is 6.08 Å². The van der Waals surface area contributed by atoms with Crippen LogP contribution in [-0.4, -0.2) is 41.7 Å². The highest BCUT2D eigenvalue weighted by molar-refractivity contribution is 8.18. The Labute approximate surface area is 214 Å². The zero-order valence-corrected chi connectivity index (χ0v) is 20.8. The molecule has 8 heteroatoms. The van der Waals surface area contributed by atoms with Gasteiger partial charge in [0.25, 0.3) is 17.1 Å². The van der Waals surface area contributed by atoms with Gasteiger partial charge in [-0.1, -0.05) is 42.0 Å². The summed E-state index contributed by atoms with van der Waals surface area (Å²) in [5.41, 5.74) is 3.56. The Balaban J connectivity index is 1.32. The maximum absolute atomic E-state index is 12.8. The van der Waals surface area contributed by atoms with Gasteiger partial charge in [0, 0.05) is 5.69 Å². The second-order valence-corrected chi connectivity index (χ2v) is 9.27. The molecule has 1 fully saturated rings. The molecule has 0 atom stereocenters. The lowest BCUT2D eigenvalue weighted by Crippen LogP contribution is -2.32. The van der Waals surface area contributed by atoms with Gasteiger partial charge in [0.15, 0.2) is 6.61 Å². The normalized spacial score (nSPS) is 14.3. The Morgan fingerprint density at radius 3 is 2.39 bits per heavy atom. The quantitative estimate of drug-likeness (QED) is 0.393. The number of hydrogen-bond acceptors (Lipinski definition) is 6. The van der Waals surface area contributed by atoms with Crippen molar-refractivity contribution >= 4 is 40.6 Å². The summed E-state index contributed by atoms with van der Waals surface area (Å²) < 4.78 is 11.3. The molecule has 3 amide bonds. The highest BCUT2D eigenvalue weighted by atomic mass is 32.2. The molecular weight excluding hydrogens is 476 g/mol. The Hall–Kier alpha value is -4.04. The molecule has 1 saturated heterocycles. The molecule has 1 aliphatic rings. The van der Waals surface area contributed by atoms with Crippen LogP contribution in [0.3, 0.4) is 0 Å². The van der Waals surface area contributed by atoms with Gasteiger partial charge in [-0.3, -0.25) is 19.3 Å². The molecule has 0 unspecified atom stereocenters. The van der Waals surface area contributed by atoms with Gasteiger partial charge in [-0.2, -0.15) is 0 Å². The van der Waals surface area contributed by atoms with E-state index >= 15 is 0 Å². The minimum atomic E-state index is -0.360. The second kappa shape index (κ2) is 11.6. The number of ether oxygens (including phenoxy) is 2. The number of rotatable bonds is 9. The predicted molar refractivity (Wildman–Crippen MR) is 141 cm³/mol. The molecule has 1 N–H and O–H groups in total. The summed E-state index contributed by atoms with van der Waals surface area (Å²) in [7, 11) is 0. The van der Waals surface area contributed by atoms with Crippen LogP contribution in [0, 0.1) is 13.8 Å². The number of imide groups is 1. The maximum Gasteiger partial charge on any atom is 0.293 e. The smallest absolute Gasteiger partial charge is 0.293 e. The first kappa shape index (κ1) is 25.1. The van der Waals surface area contributed by atoms with Crippen LogP contribution >= 0.6 is 11.8 Å². The van der Waals surface area contributed by atoms with Gasteiger partial charge < -0.3 is 14.8 Å². The number of nitrogens with one attached hydrogen (secondary N) is 1. The number of carbonyl (C=O) groups excluding carboxylic acids is 3. The highest BCUT2D eigenvalue weighted by Crippen LogP contribution is 2.32. The molecular formula is C28H26N2O5S. The van der Waals surface area contributed by atoms with Gasteiger partial charge in [-0.05, 0) is 79.2 Å². The van der Waals surface area contributed by atoms with Crippen LogP contribution in [0.1, 0.15) is 16.7 Å². The lowest BCUT2D eigenvalue weighted by Gasteiger charge is -2.13. The molecule has 0 radical (unpaired) electrons. The van der Waals surface area contributed by atoms with Gasteiger partial charge in [-0.15, -0.1) is 0 Å². The molecule has 0 saturated carbocycles. The van der Waals surface area contributed by atoms with Crippen molar-refractivity contribution in [2.24, 2.45) is 0 Å². The molecule has 0 aliphatic carbocycles. The van der Waals surface area contributed by atoms with Gasteiger partial charge in [0.2, 0.25) is 0 Å². The van der Waals surface area contributed by atoms with Crippen molar-refractivity contribution < 1.29 is 23.9 Å². The Morgan fingerprint density at radius 2 is 1.64 bits per heavy atom. The van der Waals surface area contributed by atoms with Crippen molar-refractivity contribution in [2.75, 3.05) is 25.1 Å². The molecule has 1 heterocycles. The van der Waals surface area contributed by atoms with Gasteiger partial charge in [-0.25, -0.2) is 0 Å². The first-order chi connectivity index (χ1) is 17.4. The topological polar surface area (TPSA) is 84.9 Å². The molecule has 0 aromatic heterocycles. The second-order valence-electron chi connectivity index (χ2n) is 8.27. The molecule has 1 aliphatic heterocycles. The lowest BCUT2D eigenvalue weighted by molar-refractivity contribution is -0.123. The third-order valence-corrected chi connectivity index (χ3v) is 6.22. The first-order valence-electron chi connectivity index (χ1n) is 11.4. The Bertz CT molecular complexity index is 1300. The predicted octanol–water partition coefficient (Wildman–Crippen LogP) is 5.44. The number of hydrogen-bond donors (Lipinski definition) is 1. The number of nitrogens with zero attached hydrogens (tertiary/aromatic N) is 1. The number of amides is 3. The van der Waals surface area contributed by atoms with E-state index in [0.717, 1.165) is 22.9 Å². The summed E-state index contributed by atoms with van der Waals surface area (Å²) in [6.45, 7) is 4.16. The van der Waals surface area contributed by atoms with E-state index in [1.807, 2.05) is 62.4 Å². The summed E-state index contributed by atoms with van der Waals surface area (Å²) >= 11 is 0.890. The van der Waals surface area contributed by atoms with E-state index in [-0.39, 0.29) is 36.8 Å². The number of carbonyl (C=O) groups is 3. The molecule has 4 rings (SSSR count). The third-order valence-electron chi connectivity index (χ3n) is 5.31. The number of anilines is 1. The number of thioether (sulfide) groups is 1. The SMILES string of the molecule is Cc1ccc(NC(=O)COc2cccc(/C=C3\SC(=O)N(CCOc4cccc(C)c4)C3=O)c2)cc1. The van der Waals surface area contributed by atoms with E-state index in [9.17, 15) is 14.4 Å². The van der Waals surface area contributed by atoms with E-state index in [1.165, 1.54) is 4.90 Å². The fourth-order valence-electron chi connectivity index (χ4n) is 3.48. The zero-order valence-electron chi connectivity index (χ0n) is 20.0. The van der Waals surface area contributed by atoms with E-state index in [1.54, 1.807) is 30.3 Å². The minimum absolute atomic E-state index is 0.158. The van der Waals surface area contributed by atoms with Crippen LogP contribution in [0.5, 0.6) is 11.5 Å². The third kappa shape index (κ3) is 6.76. The van der Waals surface area contributed by atoms with E-state index in [4.69, 9.17) is 9.47 Å². The van der Waals surface area contributed by atoms with Gasteiger partial charge in [0.1, 0.15) is 18.1 Å². The minimum Gasteiger partial charge on any atom is -0.492 e. The molecule has 0 bridgehead atoms. The van der Waals surface area contributed by atoms with E-state index in [2.05, 4.69) is 5.32 Å². The molecule has 7 nitrogen and oxygen atoms in total. The van der Waals surface area contributed by atoms with Crippen molar-refractivity contribution in [3.63, 3.8) is 0 Å². The summed E-state index contributed by atoms with van der Waals surface area (Å²) in [4.78, 5) is 38.9. The Morgan fingerprint density at radius 1 is 0.917 bits per heavy atom. The van der Waals surface area contributed by atoms with Crippen molar-refractivity contribution in [3.05, 3.63) is 94.4 Å². The van der Waals surface area contributed by atoms with Crippen LogP contribution in [0.2, 0.25) is 0 Å². The van der Waals surface area contributed by atoms with E-state index < -0.39 is 0 Å². The largest absolute Gasteiger partial charge is 0.492 e. The average Bonchev–Trinajstić information content (AvgIpc) is 3.12. The number of benzene rings is 3. The standard InChI is InChI=1S/C28H26N2O5S/c1-19-9-11-22(12-10-19)29-26(31)18-35-24-8-4-6-21(16-24)17-25-27(32)30(28(33)36-25)13-14-34-23-7-3-5-20(2)15-23/h3-12,15-17H,13-14,18H2,1-2H3,(H,29,31)/b25-17-. The fourth-order valence-corrected chi connectivity index (χ4v) is 4.35. The summed E-state index contributed by atoms with van der Waals surface area (Å²) in [5.74, 6) is 0.537. The van der Waals surface area contributed by atoms with Crippen LogP contribution in [0.15, 0.2) is 77.7 Å². The van der Waals surface area contributed by atoms with Gasteiger partial charge in [0.05, 0.1) is 11.4 Å². The first-order valence-corrected chi connectivity index (χ1v) is 12.2. The van der Waals surface area contributed by atoms with Crippen LogP contribution in [0.4, 0.5) is 10.5 Å². The Kier molecular flexibility index (Phi) is 8.07. The van der Waals surface area contributed by atoms with Crippen molar-refractivity contribution in [1.29, 1.82) is 0 Å².